The highest BCUT2D eigenvalue weighted by molar-refractivity contribution is 5.63. The topological polar surface area (TPSA) is 67.2 Å². The van der Waals surface area contributed by atoms with Gasteiger partial charge in [0.25, 0.3) is 5.69 Å². The highest BCUT2D eigenvalue weighted by atomic mass is 16.6. The molecule has 0 radical (unpaired) electrons. The van der Waals surface area contributed by atoms with Crippen LogP contribution in [0.5, 0.6) is 0 Å². The third kappa shape index (κ3) is 3.94. The summed E-state index contributed by atoms with van der Waals surface area (Å²) in [6, 6.07) is 5.57. The van der Waals surface area contributed by atoms with E-state index in [-0.39, 0.29) is 27.7 Å². The average Bonchev–Trinajstić information content (AvgIpc) is 2.27. The lowest BCUT2D eigenvalue weighted by Crippen LogP contribution is -2.60. The van der Waals surface area contributed by atoms with Crippen LogP contribution >= 0.6 is 0 Å². The molecule has 1 heterocycles. The summed E-state index contributed by atoms with van der Waals surface area (Å²) in [5.74, 6) is 0. The van der Waals surface area contributed by atoms with E-state index in [9.17, 15) is 10.1 Å². The fourth-order valence-electron chi connectivity index (χ4n) is 3.56. The van der Waals surface area contributed by atoms with Gasteiger partial charge in [0.1, 0.15) is 5.69 Å². The first kappa shape index (κ1) is 15.8. The summed E-state index contributed by atoms with van der Waals surface area (Å²) in [5.41, 5.74) is 1.70. The van der Waals surface area contributed by atoms with Crippen molar-refractivity contribution in [2.24, 2.45) is 0 Å². The van der Waals surface area contributed by atoms with Crippen LogP contribution in [0.1, 0.15) is 46.1 Å². The van der Waals surface area contributed by atoms with Crippen molar-refractivity contribution in [1.29, 1.82) is 0 Å². The van der Waals surface area contributed by atoms with E-state index in [0.29, 0.717) is 5.69 Å². The zero-order valence-corrected chi connectivity index (χ0v) is 13.5. The Balaban J connectivity index is 2.24. The van der Waals surface area contributed by atoms with E-state index >= 15 is 0 Å². The second kappa shape index (κ2) is 5.30. The van der Waals surface area contributed by atoms with Gasteiger partial charge in [-0.25, -0.2) is 0 Å². The molecule has 2 N–H and O–H groups in total. The average molecular weight is 291 g/mol. The van der Waals surface area contributed by atoms with E-state index in [1.807, 2.05) is 19.1 Å². The number of benzene rings is 1. The van der Waals surface area contributed by atoms with E-state index in [1.165, 1.54) is 0 Å². The molecule has 2 rings (SSSR count). The van der Waals surface area contributed by atoms with Gasteiger partial charge in [0.2, 0.25) is 0 Å². The van der Waals surface area contributed by atoms with Gasteiger partial charge in [0, 0.05) is 23.2 Å². The van der Waals surface area contributed by atoms with Gasteiger partial charge >= 0.3 is 0 Å². The number of nitrogens with one attached hydrogen (secondary N) is 2. The Morgan fingerprint density at radius 1 is 1.24 bits per heavy atom. The monoisotopic (exact) mass is 291 g/mol. The van der Waals surface area contributed by atoms with Gasteiger partial charge < -0.3 is 10.6 Å². The number of hydrogen-bond acceptors (Lipinski definition) is 4. The van der Waals surface area contributed by atoms with Crippen LogP contribution in [0.3, 0.4) is 0 Å². The predicted molar refractivity (Wildman–Crippen MR) is 85.8 cm³/mol. The molecule has 0 spiro atoms. The van der Waals surface area contributed by atoms with Gasteiger partial charge in [-0.3, -0.25) is 10.1 Å². The second-order valence-electron chi connectivity index (χ2n) is 7.42. The van der Waals surface area contributed by atoms with Crippen molar-refractivity contribution >= 4 is 11.4 Å². The summed E-state index contributed by atoms with van der Waals surface area (Å²) in [7, 11) is 0. The molecule has 21 heavy (non-hydrogen) atoms. The smallest absolute Gasteiger partial charge is 0.292 e. The van der Waals surface area contributed by atoms with Gasteiger partial charge in [-0.15, -0.1) is 0 Å². The molecule has 5 nitrogen and oxygen atoms in total. The second-order valence-corrected chi connectivity index (χ2v) is 7.42. The first-order valence-corrected chi connectivity index (χ1v) is 7.39. The summed E-state index contributed by atoms with van der Waals surface area (Å²) in [6.45, 7) is 10.6. The quantitative estimate of drug-likeness (QED) is 0.659. The summed E-state index contributed by atoms with van der Waals surface area (Å²) >= 11 is 0. The maximum atomic E-state index is 11.2. The van der Waals surface area contributed by atoms with E-state index in [2.05, 4.69) is 38.3 Å². The lowest BCUT2D eigenvalue weighted by atomic mass is 9.79. The van der Waals surface area contributed by atoms with E-state index < -0.39 is 0 Å². The number of hydrogen-bond donors (Lipinski definition) is 2. The van der Waals surface area contributed by atoms with Crippen molar-refractivity contribution < 1.29 is 4.92 Å². The summed E-state index contributed by atoms with van der Waals surface area (Å²) in [6.07, 6.45) is 1.86. The SMILES string of the molecule is Cc1ccc(NC2CC(C)(C)NC(C)(C)C2)c([N+](=O)[O-])c1. The zero-order chi connectivity index (χ0) is 15.8. The maximum Gasteiger partial charge on any atom is 0.292 e. The Labute approximate surface area is 126 Å². The molecule has 1 aliphatic heterocycles. The molecule has 0 aromatic heterocycles. The van der Waals surface area contributed by atoms with Crippen LogP contribution in [0.4, 0.5) is 11.4 Å². The number of rotatable bonds is 3. The van der Waals surface area contributed by atoms with Gasteiger partial charge in [-0.2, -0.15) is 0 Å². The van der Waals surface area contributed by atoms with Crippen LogP contribution in [-0.4, -0.2) is 22.0 Å². The number of nitro benzene ring substituents is 1. The van der Waals surface area contributed by atoms with Gasteiger partial charge in [-0.05, 0) is 59.1 Å². The fourth-order valence-corrected chi connectivity index (χ4v) is 3.56. The third-order valence-corrected chi connectivity index (χ3v) is 3.90. The first-order chi connectivity index (χ1) is 9.58. The van der Waals surface area contributed by atoms with Crippen molar-refractivity contribution in [2.75, 3.05) is 5.32 Å². The number of anilines is 1. The van der Waals surface area contributed by atoms with Crippen LogP contribution in [-0.2, 0) is 0 Å². The highest BCUT2D eigenvalue weighted by Gasteiger charge is 2.38. The molecule has 0 saturated carbocycles. The standard InChI is InChI=1S/C16H25N3O2/c1-11-6-7-13(14(8-11)19(20)21)17-12-9-15(2,3)18-16(4,5)10-12/h6-8,12,17-18H,9-10H2,1-5H3. The molecule has 116 valence electrons. The summed E-state index contributed by atoms with van der Waals surface area (Å²) in [4.78, 5) is 10.9. The minimum atomic E-state index is -0.313. The fraction of sp³-hybridized carbons (Fsp3) is 0.625. The number of nitro groups is 1. The van der Waals surface area contributed by atoms with Crippen LogP contribution < -0.4 is 10.6 Å². The van der Waals surface area contributed by atoms with Crippen LogP contribution in [0, 0.1) is 17.0 Å². The lowest BCUT2D eigenvalue weighted by Gasteiger charge is -2.46. The molecular formula is C16H25N3O2. The number of nitrogens with zero attached hydrogens (tertiary/aromatic N) is 1. The van der Waals surface area contributed by atoms with Crippen molar-refractivity contribution in [2.45, 2.75) is 64.6 Å². The van der Waals surface area contributed by atoms with Gasteiger partial charge in [-0.1, -0.05) is 6.07 Å². The summed E-state index contributed by atoms with van der Waals surface area (Å²) in [5, 5.41) is 18.2. The molecule has 0 atom stereocenters. The molecule has 1 aromatic carbocycles. The van der Waals surface area contributed by atoms with E-state index in [0.717, 1.165) is 18.4 Å². The molecule has 0 aliphatic carbocycles. The first-order valence-electron chi connectivity index (χ1n) is 7.39. The Kier molecular flexibility index (Phi) is 3.97. The zero-order valence-electron chi connectivity index (χ0n) is 13.5. The lowest BCUT2D eigenvalue weighted by molar-refractivity contribution is -0.384. The van der Waals surface area contributed by atoms with Crippen molar-refractivity contribution in [3.63, 3.8) is 0 Å². The van der Waals surface area contributed by atoms with Crippen molar-refractivity contribution in [3.05, 3.63) is 33.9 Å². The molecular weight excluding hydrogens is 266 g/mol. The van der Waals surface area contributed by atoms with Crippen LogP contribution in [0.2, 0.25) is 0 Å². The Morgan fingerprint density at radius 3 is 2.33 bits per heavy atom. The van der Waals surface area contributed by atoms with Crippen molar-refractivity contribution in [3.8, 4) is 0 Å². The summed E-state index contributed by atoms with van der Waals surface area (Å²) < 4.78 is 0. The molecule has 1 aliphatic rings. The van der Waals surface area contributed by atoms with Crippen molar-refractivity contribution in [1.82, 2.24) is 5.32 Å². The van der Waals surface area contributed by atoms with Gasteiger partial charge in [0.15, 0.2) is 0 Å². The minimum absolute atomic E-state index is 0.0128. The maximum absolute atomic E-state index is 11.2. The third-order valence-electron chi connectivity index (χ3n) is 3.90. The number of aryl methyl sites for hydroxylation is 1. The number of piperidine rings is 1. The molecule has 0 unspecified atom stereocenters. The molecule has 1 saturated heterocycles. The largest absolute Gasteiger partial charge is 0.377 e. The van der Waals surface area contributed by atoms with E-state index in [1.54, 1.807) is 6.07 Å². The normalized spacial score (nSPS) is 21.0. The predicted octanol–water partition coefficient (Wildman–Crippen LogP) is 3.62. The van der Waals surface area contributed by atoms with Gasteiger partial charge in [0.05, 0.1) is 4.92 Å². The highest BCUT2D eigenvalue weighted by Crippen LogP contribution is 2.33. The Morgan fingerprint density at radius 2 is 1.81 bits per heavy atom. The Bertz CT molecular complexity index is 536. The Hall–Kier alpha value is -1.62. The molecule has 0 amide bonds. The van der Waals surface area contributed by atoms with Crippen LogP contribution in [0.15, 0.2) is 18.2 Å². The molecule has 1 aromatic rings. The minimum Gasteiger partial charge on any atom is -0.377 e. The van der Waals surface area contributed by atoms with Crippen LogP contribution in [0.25, 0.3) is 0 Å². The molecule has 1 fully saturated rings. The van der Waals surface area contributed by atoms with E-state index in [4.69, 9.17) is 0 Å². The molecule has 5 heteroatoms. The molecule has 0 bridgehead atoms.